The molecule has 0 aromatic rings. The second kappa shape index (κ2) is 4.99. The minimum atomic E-state index is 0.719. The van der Waals surface area contributed by atoms with Gasteiger partial charge in [-0.1, -0.05) is 27.2 Å². The van der Waals surface area contributed by atoms with Gasteiger partial charge in [0, 0.05) is 6.61 Å². The summed E-state index contributed by atoms with van der Waals surface area (Å²) < 4.78 is 5.74. The number of rotatable bonds is 3. The normalized spacial score (nSPS) is 31.2. The summed E-state index contributed by atoms with van der Waals surface area (Å²) in [5.41, 5.74) is 0. The SMILES string of the molecule is CCO[C]1CC(C)CCC1C(C)C. The zero-order chi connectivity index (χ0) is 9.84. The summed E-state index contributed by atoms with van der Waals surface area (Å²) in [6, 6.07) is 0. The highest BCUT2D eigenvalue weighted by Crippen LogP contribution is 2.39. The largest absolute Gasteiger partial charge is 0.372 e. The lowest BCUT2D eigenvalue weighted by molar-refractivity contribution is 0.0533. The summed E-state index contributed by atoms with van der Waals surface area (Å²) in [4.78, 5) is 0. The van der Waals surface area contributed by atoms with Gasteiger partial charge in [-0.05, 0) is 37.5 Å². The third-order valence-electron chi connectivity index (χ3n) is 3.07. The van der Waals surface area contributed by atoms with E-state index in [2.05, 4.69) is 27.7 Å². The first-order chi connectivity index (χ1) is 6.15. The first-order valence-electron chi connectivity index (χ1n) is 5.63. The Morgan fingerprint density at radius 2 is 2.08 bits per heavy atom. The maximum absolute atomic E-state index is 5.74. The molecule has 2 unspecified atom stereocenters. The van der Waals surface area contributed by atoms with Gasteiger partial charge in [-0.15, -0.1) is 0 Å². The highest BCUT2D eigenvalue weighted by molar-refractivity contribution is 4.94. The fourth-order valence-corrected chi connectivity index (χ4v) is 2.28. The predicted octanol–water partition coefficient (Wildman–Crippen LogP) is 3.65. The van der Waals surface area contributed by atoms with Crippen LogP contribution in [0.15, 0.2) is 0 Å². The Bertz CT molecular complexity index is 142. The van der Waals surface area contributed by atoms with Crippen molar-refractivity contribution in [3.63, 3.8) is 0 Å². The maximum Gasteiger partial charge on any atom is 0.101 e. The molecule has 1 nitrogen and oxygen atoms in total. The van der Waals surface area contributed by atoms with Gasteiger partial charge in [0.25, 0.3) is 0 Å². The molecule has 0 aromatic heterocycles. The lowest BCUT2D eigenvalue weighted by Gasteiger charge is -2.35. The van der Waals surface area contributed by atoms with Gasteiger partial charge in [0.15, 0.2) is 0 Å². The first kappa shape index (κ1) is 11.0. The Morgan fingerprint density at radius 3 is 2.62 bits per heavy atom. The molecule has 1 aliphatic rings. The van der Waals surface area contributed by atoms with Crippen molar-refractivity contribution in [1.29, 1.82) is 0 Å². The Morgan fingerprint density at radius 1 is 1.38 bits per heavy atom. The van der Waals surface area contributed by atoms with E-state index < -0.39 is 0 Å². The van der Waals surface area contributed by atoms with Gasteiger partial charge in [-0.3, -0.25) is 0 Å². The molecular weight excluding hydrogens is 160 g/mol. The van der Waals surface area contributed by atoms with Crippen LogP contribution in [-0.4, -0.2) is 6.61 Å². The summed E-state index contributed by atoms with van der Waals surface area (Å²) in [7, 11) is 0. The first-order valence-corrected chi connectivity index (χ1v) is 5.63. The van der Waals surface area contributed by atoms with Crippen LogP contribution in [0, 0.1) is 23.9 Å². The molecule has 0 bridgehead atoms. The Hall–Kier alpha value is -0.0400. The lowest BCUT2D eigenvalue weighted by atomic mass is 9.75. The van der Waals surface area contributed by atoms with Crippen LogP contribution in [0.25, 0.3) is 0 Å². The minimum absolute atomic E-state index is 0.719. The fraction of sp³-hybridized carbons (Fsp3) is 0.917. The summed E-state index contributed by atoms with van der Waals surface area (Å²) >= 11 is 0. The molecule has 1 heteroatoms. The van der Waals surface area contributed by atoms with Crippen molar-refractivity contribution in [3.05, 3.63) is 6.10 Å². The molecular formula is C12H23O. The standard InChI is InChI=1S/C12H23O/c1-5-13-12-8-10(4)6-7-11(12)9(2)3/h9-11H,5-8H2,1-4H3. The van der Waals surface area contributed by atoms with Crippen molar-refractivity contribution in [1.82, 2.24) is 0 Å². The molecule has 0 spiro atoms. The zero-order valence-electron chi connectivity index (χ0n) is 9.47. The molecule has 77 valence electrons. The second-order valence-corrected chi connectivity index (χ2v) is 4.64. The van der Waals surface area contributed by atoms with Gasteiger partial charge in [-0.25, -0.2) is 0 Å². The van der Waals surface area contributed by atoms with Crippen LogP contribution in [0.4, 0.5) is 0 Å². The molecule has 1 rings (SSSR count). The van der Waals surface area contributed by atoms with E-state index in [1.165, 1.54) is 25.4 Å². The predicted molar refractivity (Wildman–Crippen MR) is 56.2 cm³/mol. The Kier molecular flexibility index (Phi) is 4.24. The van der Waals surface area contributed by atoms with E-state index in [-0.39, 0.29) is 0 Å². The van der Waals surface area contributed by atoms with Crippen molar-refractivity contribution in [2.24, 2.45) is 17.8 Å². The van der Waals surface area contributed by atoms with E-state index in [9.17, 15) is 0 Å². The van der Waals surface area contributed by atoms with E-state index in [1.807, 2.05) is 0 Å². The van der Waals surface area contributed by atoms with E-state index in [1.54, 1.807) is 0 Å². The van der Waals surface area contributed by atoms with E-state index in [0.29, 0.717) is 0 Å². The van der Waals surface area contributed by atoms with Crippen LogP contribution in [-0.2, 0) is 4.74 Å². The van der Waals surface area contributed by atoms with Crippen LogP contribution >= 0.6 is 0 Å². The third kappa shape index (κ3) is 2.98. The average Bonchev–Trinajstić information content (AvgIpc) is 2.04. The van der Waals surface area contributed by atoms with Gasteiger partial charge in [0.2, 0.25) is 0 Å². The quantitative estimate of drug-likeness (QED) is 0.649. The molecule has 1 saturated carbocycles. The summed E-state index contributed by atoms with van der Waals surface area (Å²) in [6.07, 6.45) is 5.26. The van der Waals surface area contributed by atoms with Gasteiger partial charge >= 0.3 is 0 Å². The summed E-state index contributed by atoms with van der Waals surface area (Å²) in [6.45, 7) is 9.86. The molecule has 0 amide bonds. The Labute approximate surface area is 82.9 Å². The van der Waals surface area contributed by atoms with Gasteiger partial charge in [0.1, 0.15) is 6.10 Å². The minimum Gasteiger partial charge on any atom is -0.372 e. The number of hydrogen-bond donors (Lipinski definition) is 0. The molecule has 1 fully saturated rings. The molecule has 0 heterocycles. The monoisotopic (exact) mass is 183 g/mol. The molecule has 0 aromatic carbocycles. The van der Waals surface area contributed by atoms with Gasteiger partial charge in [-0.2, -0.15) is 0 Å². The molecule has 0 N–H and O–H groups in total. The van der Waals surface area contributed by atoms with E-state index >= 15 is 0 Å². The topological polar surface area (TPSA) is 9.23 Å². The zero-order valence-corrected chi connectivity index (χ0v) is 9.47. The average molecular weight is 183 g/mol. The molecule has 0 aliphatic heterocycles. The van der Waals surface area contributed by atoms with Crippen LogP contribution in [0.2, 0.25) is 0 Å². The highest BCUT2D eigenvalue weighted by Gasteiger charge is 2.31. The third-order valence-corrected chi connectivity index (χ3v) is 3.07. The molecule has 1 radical (unpaired) electrons. The van der Waals surface area contributed by atoms with Crippen molar-refractivity contribution >= 4 is 0 Å². The van der Waals surface area contributed by atoms with Crippen molar-refractivity contribution < 1.29 is 4.74 Å². The molecule has 2 atom stereocenters. The van der Waals surface area contributed by atoms with Crippen LogP contribution in [0.3, 0.4) is 0 Å². The van der Waals surface area contributed by atoms with E-state index in [4.69, 9.17) is 4.74 Å². The van der Waals surface area contributed by atoms with Crippen LogP contribution < -0.4 is 0 Å². The lowest BCUT2D eigenvalue weighted by Crippen LogP contribution is -2.27. The molecule has 0 saturated heterocycles. The van der Waals surface area contributed by atoms with Crippen LogP contribution in [0.5, 0.6) is 0 Å². The molecule has 13 heavy (non-hydrogen) atoms. The second-order valence-electron chi connectivity index (χ2n) is 4.64. The fourth-order valence-electron chi connectivity index (χ4n) is 2.28. The molecule has 1 aliphatic carbocycles. The van der Waals surface area contributed by atoms with Crippen LogP contribution in [0.1, 0.15) is 47.0 Å². The smallest absolute Gasteiger partial charge is 0.101 e. The number of ether oxygens (including phenoxy) is 1. The van der Waals surface area contributed by atoms with Gasteiger partial charge < -0.3 is 4.74 Å². The number of hydrogen-bond acceptors (Lipinski definition) is 1. The van der Waals surface area contributed by atoms with Crippen molar-refractivity contribution in [2.75, 3.05) is 6.61 Å². The highest BCUT2D eigenvalue weighted by atomic mass is 16.5. The van der Waals surface area contributed by atoms with Gasteiger partial charge in [0.05, 0.1) is 0 Å². The maximum atomic E-state index is 5.74. The summed E-state index contributed by atoms with van der Waals surface area (Å²) in [5.74, 6) is 2.29. The Balaban J connectivity index is 2.50. The van der Waals surface area contributed by atoms with E-state index in [0.717, 1.165) is 24.4 Å². The van der Waals surface area contributed by atoms with Crippen molar-refractivity contribution in [2.45, 2.75) is 47.0 Å². The summed E-state index contributed by atoms with van der Waals surface area (Å²) in [5, 5.41) is 0. The van der Waals surface area contributed by atoms with Crippen molar-refractivity contribution in [3.8, 4) is 0 Å².